The molecular weight excluding hydrogens is 388 g/mol. The monoisotopic (exact) mass is 412 g/mol. The standard InChI is InChI=1S/C21H24N4OS2/c1-3-24-20(16-9-5-4-8-15(16)2)22-23-21(24)28-14-19(26)25-12-6-10-17(25)18-11-7-13-27-18/h4-5,7-9,11,13,17H,3,6,10,12,14H2,1-2H3. The molecule has 1 saturated heterocycles. The fraction of sp³-hybridized carbons (Fsp3) is 0.381. The van der Waals surface area contributed by atoms with Gasteiger partial charge >= 0.3 is 0 Å². The molecule has 0 saturated carbocycles. The third-order valence-electron chi connectivity index (χ3n) is 5.19. The number of rotatable bonds is 6. The fourth-order valence-corrected chi connectivity index (χ4v) is 5.52. The first-order valence-corrected chi connectivity index (χ1v) is 11.5. The summed E-state index contributed by atoms with van der Waals surface area (Å²) in [7, 11) is 0. The summed E-state index contributed by atoms with van der Waals surface area (Å²) in [4.78, 5) is 16.2. The number of hydrogen-bond donors (Lipinski definition) is 0. The Morgan fingerprint density at radius 2 is 2.11 bits per heavy atom. The molecule has 1 aliphatic rings. The molecule has 28 heavy (non-hydrogen) atoms. The van der Waals surface area contributed by atoms with Gasteiger partial charge in [0.05, 0.1) is 11.8 Å². The van der Waals surface area contributed by atoms with Crippen molar-refractivity contribution in [2.45, 2.75) is 44.4 Å². The summed E-state index contributed by atoms with van der Waals surface area (Å²) in [6, 6.07) is 12.6. The van der Waals surface area contributed by atoms with Gasteiger partial charge in [0.15, 0.2) is 11.0 Å². The first-order valence-electron chi connectivity index (χ1n) is 9.64. The molecule has 0 aliphatic carbocycles. The minimum atomic E-state index is 0.184. The van der Waals surface area contributed by atoms with Crippen LogP contribution < -0.4 is 0 Å². The average molecular weight is 413 g/mol. The molecule has 1 amide bonds. The maximum Gasteiger partial charge on any atom is 0.233 e. The Kier molecular flexibility index (Phi) is 5.82. The molecule has 0 bridgehead atoms. The number of benzene rings is 1. The van der Waals surface area contributed by atoms with Crippen LogP contribution in [0, 0.1) is 6.92 Å². The van der Waals surface area contributed by atoms with Gasteiger partial charge in [0.1, 0.15) is 0 Å². The lowest BCUT2D eigenvalue weighted by atomic mass is 10.1. The molecule has 146 valence electrons. The van der Waals surface area contributed by atoms with Crippen LogP contribution in [0.15, 0.2) is 46.9 Å². The van der Waals surface area contributed by atoms with Crippen LogP contribution in [0.3, 0.4) is 0 Å². The highest BCUT2D eigenvalue weighted by atomic mass is 32.2. The molecule has 4 rings (SSSR count). The Morgan fingerprint density at radius 3 is 2.86 bits per heavy atom. The molecule has 2 aromatic heterocycles. The largest absolute Gasteiger partial charge is 0.334 e. The topological polar surface area (TPSA) is 51.0 Å². The molecule has 0 N–H and O–H groups in total. The van der Waals surface area contributed by atoms with Crippen LogP contribution >= 0.6 is 23.1 Å². The maximum atomic E-state index is 12.9. The number of aryl methyl sites for hydroxylation is 1. The number of thioether (sulfide) groups is 1. The van der Waals surface area contributed by atoms with Crippen LogP contribution in [-0.2, 0) is 11.3 Å². The van der Waals surface area contributed by atoms with Crippen LogP contribution in [-0.4, -0.2) is 37.9 Å². The number of amides is 1. The molecular formula is C21H24N4OS2. The van der Waals surface area contributed by atoms with E-state index in [2.05, 4.69) is 58.3 Å². The van der Waals surface area contributed by atoms with Crippen LogP contribution in [0.4, 0.5) is 0 Å². The van der Waals surface area contributed by atoms with Crippen molar-refractivity contribution < 1.29 is 4.79 Å². The van der Waals surface area contributed by atoms with Crippen molar-refractivity contribution in [1.29, 1.82) is 0 Å². The van der Waals surface area contributed by atoms with E-state index in [1.807, 2.05) is 17.0 Å². The van der Waals surface area contributed by atoms with Crippen molar-refractivity contribution in [3.8, 4) is 11.4 Å². The number of hydrogen-bond acceptors (Lipinski definition) is 5. The van der Waals surface area contributed by atoms with Crippen molar-refractivity contribution in [3.63, 3.8) is 0 Å². The zero-order valence-electron chi connectivity index (χ0n) is 16.2. The minimum Gasteiger partial charge on any atom is -0.334 e. The Bertz CT molecular complexity index is 951. The lowest BCUT2D eigenvalue weighted by Gasteiger charge is -2.23. The SMILES string of the molecule is CCn1c(SCC(=O)N2CCCC2c2cccs2)nnc1-c1ccccc1C. The van der Waals surface area contributed by atoms with Crippen molar-refractivity contribution in [2.24, 2.45) is 0 Å². The summed E-state index contributed by atoms with van der Waals surface area (Å²) in [5.74, 6) is 1.45. The van der Waals surface area contributed by atoms with Crippen LogP contribution in [0.25, 0.3) is 11.4 Å². The normalized spacial score (nSPS) is 16.6. The summed E-state index contributed by atoms with van der Waals surface area (Å²) in [5.41, 5.74) is 2.26. The molecule has 5 nitrogen and oxygen atoms in total. The van der Waals surface area contributed by atoms with Gasteiger partial charge in [-0.3, -0.25) is 4.79 Å². The fourth-order valence-electron chi connectivity index (χ4n) is 3.75. The predicted molar refractivity (Wildman–Crippen MR) is 115 cm³/mol. The zero-order valence-corrected chi connectivity index (χ0v) is 17.8. The molecule has 0 spiro atoms. The summed E-state index contributed by atoms with van der Waals surface area (Å²) < 4.78 is 2.10. The number of aromatic nitrogens is 3. The van der Waals surface area contributed by atoms with Gasteiger partial charge in [0.25, 0.3) is 0 Å². The number of nitrogens with zero attached hydrogens (tertiary/aromatic N) is 4. The van der Waals surface area contributed by atoms with Gasteiger partial charge in [0, 0.05) is 23.5 Å². The Labute approximate surface area is 173 Å². The van der Waals surface area contributed by atoms with E-state index in [1.165, 1.54) is 22.2 Å². The van der Waals surface area contributed by atoms with E-state index in [-0.39, 0.29) is 11.9 Å². The number of likely N-dealkylation sites (tertiary alicyclic amines) is 1. The van der Waals surface area contributed by atoms with Crippen molar-refractivity contribution in [2.75, 3.05) is 12.3 Å². The van der Waals surface area contributed by atoms with Gasteiger partial charge in [0.2, 0.25) is 5.91 Å². The van der Waals surface area contributed by atoms with Crippen LogP contribution in [0.1, 0.15) is 36.2 Å². The van der Waals surface area contributed by atoms with Gasteiger partial charge in [-0.15, -0.1) is 21.5 Å². The lowest BCUT2D eigenvalue weighted by molar-refractivity contribution is -0.129. The van der Waals surface area contributed by atoms with Crippen LogP contribution in [0.5, 0.6) is 0 Å². The Hall–Kier alpha value is -2.12. The molecule has 0 radical (unpaired) electrons. The summed E-state index contributed by atoms with van der Waals surface area (Å²) in [5, 5.41) is 11.7. The quantitative estimate of drug-likeness (QED) is 0.546. The predicted octanol–water partition coefficient (Wildman–Crippen LogP) is 4.79. The lowest BCUT2D eigenvalue weighted by Crippen LogP contribution is -2.31. The summed E-state index contributed by atoms with van der Waals surface area (Å²) in [6.07, 6.45) is 2.13. The molecule has 1 aliphatic heterocycles. The highest BCUT2D eigenvalue weighted by molar-refractivity contribution is 7.99. The van der Waals surface area contributed by atoms with Gasteiger partial charge in [-0.1, -0.05) is 42.1 Å². The number of carbonyl (C=O) groups excluding carboxylic acids is 1. The summed E-state index contributed by atoms with van der Waals surface area (Å²) >= 11 is 3.23. The van der Waals surface area contributed by atoms with E-state index in [1.54, 1.807) is 11.3 Å². The third-order valence-corrected chi connectivity index (χ3v) is 7.11. The van der Waals surface area contributed by atoms with Crippen molar-refractivity contribution in [1.82, 2.24) is 19.7 Å². The van der Waals surface area contributed by atoms with E-state index in [4.69, 9.17) is 0 Å². The van der Waals surface area contributed by atoms with E-state index in [0.29, 0.717) is 5.75 Å². The van der Waals surface area contributed by atoms with E-state index >= 15 is 0 Å². The molecule has 1 atom stereocenters. The van der Waals surface area contributed by atoms with E-state index < -0.39 is 0 Å². The molecule has 3 heterocycles. The summed E-state index contributed by atoms with van der Waals surface area (Å²) in [6.45, 7) is 5.79. The Balaban J connectivity index is 1.48. The van der Waals surface area contributed by atoms with Gasteiger partial charge in [-0.25, -0.2) is 0 Å². The minimum absolute atomic E-state index is 0.184. The second kappa shape index (κ2) is 8.49. The van der Waals surface area contributed by atoms with Crippen LogP contribution in [0.2, 0.25) is 0 Å². The molecule has 3 aromatic rings. The second-order valence-electron chi connectivity index (χ2n) is 6.91. The van der Waals surface area contributed by atoms with Gasteiger partial charge < -0.3 is 9.47 Å². The highest BCUT2D eigenvalue weighted by Gasteiger charge is 2.30. The van der Waals surface area contributed by atoms with Crippen molar-refractivity contribution >= 4 is 29.0 Å². The maximum absolute atomic E-state index is 12.9. The van der Waals surface area contributed by atoms with Gasteiger partial charge in [-0.2, -0.15) is 0 Å². The van der Waals surface area contributed by atoms with E-state index in [0.717, 1.165) is 42.5 Å². The molecule has 7 heteroatoms. The average Bonchev–Trinajstić information content (AvgIpc) is 3.46. The van der Waals surface area contributed by atoms with Gasteiger partial charge in [-0.05, 0) is 43.7 Å². The number of thiophene rings is 1. The zero-order chi connectivity index (χ0) is 19.5. The first-order chi connectivity index (χ1) is 13.7. The first kappa shape index (κ1) is 19.2. The Morgan fingerprint density at radius 1 is 1.25 bits per heavy atom. The third kappa shape index (κ3) is 3.73. The van der Waals surface area contributed by atoms with E-state index in [9.17, 15) is 4.79 Å². The van der Waals surface area contributed by atoms with Crippen molar-refractivity contribution in [3.05, 3.63) is 52.2 Å². The molecule has 1 unspecified atom stereocenters. The molecule has 1 aromatic carbocycles. The number of carbonyl (C=O) groups is 1. The highest BCUT2D eigenvalue weighted by Crippen LogP contribution is 2.35. The smallest absolute Gasteiger partial charge is 0.233 e. The molecule has 1 fully saturated rings. The second-order valence-corrected chi connectivity index (χ2v) is 8.84.